The summed E-state index contributed by atoms with van der Waals surface area (Å²) >= 11 is 0. The third-order valence-electron chi connectivity index (χ3n) is 5.95. The molecule has 0 bridgehead atoms. The summed E-state index contributed by atoms with van der Waals surface area (Å²) < 4.78 is 0. The highest BCUT2D eigenvalue weighted by atomic mass is 14.8. The van der Waals surface area contributed by atoms with E-state index in [2.05, 4.69) is 48.5 Å². The van der Waals surface area contributed by atoms with E-state index < -0.39 is 0 Å². The number of rotatable bonds is 1. The van der Waals surface area contributed by atoms with Crippen LogP contribution in [0, 0.1) is 5.92 Å². The minimum atomic E-state index is 0.725. The van der Waals surface area contributed by atoms with Crippen LogP contribution >= 0.6 is 0 Å². The van der Waals surface area contributed by atoms with Crippen LogP contribution in [-0.4, -0.2) is 12.3 Å². The van der Waals surface area contributed by atoms with Crippen LogP contribution in [0.5, 0.6) is 0 Å². The van der Waals surface area contributed by atoms with Crippen molar-refractivity contribution in [2.24, 2.45) is 10.9 Å². The van der Waals surface area contributed by atoms with Gasteiger partial charge in [-0.3, -0.25) is 4.99 Å². The van der Waals surface area contributed by atoms with Crippen molar-refractivity contribution in [1.29, 1.82) is 0 Å². The molecule has 0 saturated heterocycles. The molecule has 1 fully saturated rings. The van der Waals surface area contributed by atoms with E-state index >= 15 is 0 Å². The van der Waals surface area contributed by atoms with Gasteiger partial charge in [-0.1, -0.05) is 48.5 Å². The van der Waals surface area contributed by atoms with Crippen LogP contribution in [0.3, 0.4) is 0 Å². The molecule has 1 saturated carbocycles. The van der Waals surface area contributed by atoms with E-state index in [1.807, 2.05) is 0 Å². The zero-order valence-corrected chi connectivity index (χ0v) is 12.8. The number of hydrogen-bond acceptors (Lipinski definition) is 1. The first-order valence-corrected chi connectivity index (χ1v) is 8.64. The Morgan fingerprint density at radius 2 is 1.68 bits per heavy atom. The Balaban J connectivity index is 1.63. The minimum Gasteiger partial charge on any atom is -0.294 e. The fraction of sp³-hybridized carbons (Fsp3) is 0.381. The Morgan fingerprint density at radius 3 is 2.59 bits per heavy atom. The highest BCUT2D eigenvalue weighted by Crippen LogP contribution is 2.55. The molecule has 1 aliphatic heterocycles. The number of fused-ring (bicyclic) bond motifs is 3. The van der Waals surface area contributed by atoms with E-state index in [1.54, 1.807) is 11.1 Å². The van der Waals surface area contributed by atoms with Crippen LogP contribution < -0.4 is 0 Å². The number of benzene rings is 2. The van der Waals surface area contributed by atoms with Crippen LogP contribution in [0.1, 0.15) is 48.6 Å². The molecule has 3 atom stereocenters. The van der Waals surface area contributed by atoms with E-state index in [0.717, 1.165) is 24.3 Å². The molecule has 22 heavy (non-hydrogen) atoms. The summed E-state index contributed by atoms with van der Waals surface area (Å²) in [5, 5.41) is 0. The molecule has 0 amide bonds. The van der Waals surface area contributed by atoms with Crippen LogP contribution in [0.25, 0.3) is 11.1 Å². The number of hydrogen-bond donors (Lipinski definition) is 0. The number of aliphatic imine (C=N–C) groups is 1. The molecular formula is C21H21N. The maximum atomic E-state index is 4.87. The predicted molar refractivity (Wildman–Crippen MR) is 91.6 cm³/mol. The van der Waals surface area contributed by atoms with Crippen LogP contribution in [0.2, 0.25) is 0 Å². The second-order valence-electron chi connectivity index (χ2n) is 7.00. The average molecular weight is 287 g/mol. The second-order valence-corrected chi connectivity index (χ2v) is 7.00. The lowest BCUT2D eigenvalue weighted by Gasteiger charge is -2.34. The Labute approximate surface area is 132 Å². The molecule has 3 unspecified atom stereocenters. The van der Waals surface area contributed by atoms with Gasteiger partial charge in [-0.05, 0) is 59.8 Å². The molecule has 2 aromatic rings. The molecule has 1 nitrogen and oxygen atoms in total. The van der Waals surface area contributed by atoms with Crippen molar-refractivity contribution in [3.63, 3.8) is 0 Å². The van der Waals surface area contributed by atoms with E-state index in [-0.39, 0.29) is 0 Å². The third kappa shape index (κ3) is 1.75. The molecule has 1 heterocycles. The lowest BCUT2D eigenvalue weighted by Crippen LogP contribution is -2.30. The van der Waals surface area contributed by atoms with Crippen molar-refractivity contribution in [3.8, 4) is 11.1 Å². The van der Waals surface area contributed by atoms with E-state index in [1.165, 1.54) is 42.5 Å². The van der Waals surface area contributed by atoms with Gasteiger partial charge in [-0.25, -0.2) is 0 Å². The summed E-state index contributed by atoms with van der Waals surface area (Å²) in [6.45, 7) is 1.04. The number of nitrogens with zero attached hydrogens (tertiary/aromatic N) is 1. The molecule has 110 valence electrons. The van der Waals surface area contributed by atoms with E-state index in [4.69, 9.17) is 4.99 Å². The molecule has 0 radical (unpaired) electrons. The van der Waals surface area contributed by atoms with Crippen molar-refractivity contribution in [1.82, 2.24) is 0 Å². The third-order valence-corrected chi connectivity index (χ3v) is 5.95. The summed E-state index contributed by atoms with van der Waals surface area (Å²) in [7, 11) is 0. The Morgan fingerprint density at radius 1 is 0.818 bits per heavy atom. The first-order chi connectivity index (χ1) is 10.9. The van der Waals surface area contributed by atoms with Crippen LogP contribution in [0.15, 0.2) is 53.5 Å². The highest BCUT2D eigenvalue weighted by molar-refractivity contribution is 5.91. The highest BCUT2D eigenvalue weighted by Gasteiger charge is 2.45. The zero-order chi connectivity index (χ0) is 14.5. The van der Waals surface area contributed by atoms with Crippen LogP contribution in [-0.2, 0) is 0 Å². The van der Waals surface area contributed by atoms with Crippen molar-refractivity contribution < 1.29 is 0 Å². The normalized spacial score (nSPS) is 28.7. The monoisotopic (exact) mass is 287 g/mol. The molecule has 2 aromatic carbocycles. The van der Waals surface area contributed by atoms with Crippen molar-refractivity contribution >= 4 is 5.71 Å². The van der Waals surface area contributed by atoms with Gasteiger partial charge in [0.2, 0.25) is 0 Å². The topological polar surface area (TPSA) is 12.4 Å². The Bertz CT molecular complexity index is 744. The average Bonchev–Trinajstić information content (AvgIpc) is 2.92. The smallest absolute Gasteiger partial charge is 0.0394 e. The quantitative estimate of drug-likeness (QED) is 0.685. The lowest BCUT2D eigenvalue weighted by molar-refractivity contribution is 0.401. The van der Waals surface area contributed by atoms with Crippen molar-refractivity contribution in [2.45, 2.75) is 37.5 Å². The molecule has 2 aliphatic carbocycles. The zero-order valence-electron chi connectivity index (χ0n) is 12.8. The first kappa shape index (κ1) is 12.6. The lowest BCUT2D eigenvalue weighted by atomic mass is 9.72. The molecule has 0 spiro atoms. The first-order valence-electron chi connectivity index (χ1n) is 8.64. The molecule has 1 heteroatoms. The van der Waals surface area contributed by atoms with Gasteiger partial charge in [0.1, 0.15) is 0 Å². The van der Waals surface area contributed by atoms with Gasteiger partial charge in [-0.2, -0.15) is 0 Å². The summed E-state index contributed by atoms with van der Waals surface area (Å²) in [6, 6.07) is 18.0. The minimum absolute atomic E-state index is 0.725. The molecule has 0 N–H and O–H groups in total. The van der Waals surface area contributed by atoms with Gasteiger partial charge in [0, 0.05) is 18.2 Å². The van der Waals surface area contributed by atoms with Gasteiger partial charge < -0.3 is 0 Å². The van der Waals surface area contributed by atoms with Gasteiger partial charge in [-0.15, -0.1) is 0 Å². The molecule has 5 rings (SSSR count). The van der Waals surface area contributed by atoms with Crippen molar-refractivity contribution in [2.75, 3.05) is 6.54 Å². The summed E-state index contributed by atoms with van der Waals surface area (Å²) in [6.07, 6.45) is 5.17. The van der Waals surface area contributed by atoms with Gasteiger partial charge >= 0.3 is 0 Å². The fourth-order valence-electron chi connectivity index (χ4n) is 5.05. The SMILES string of the molecule is c1ccc(-c2ccc3c(c2)C2CCCC4=NCCC3C42)cc1. The molecular weight excluding hydrogens is 266 g/mol. The second kappa shape index (κ2) is 4.81. The summed E-state index contributed by atoms with van der Waals surface area (Å²) in [4.78, 5) is 4.87. The maximum Gasteiger partial charge on any atom is 0.0394 e. The van der Waals surface area contributed by atoms with E-state index in [9.17, 15) is 0 Å². The summed E-state index contributed by atoms with van der Waals surface area (Å²) in [5.41, 5.74) is 7.51. The summed E-state index contributed by atoms with van der Waals surface area (Å²) in [5.74, 6) is 2.21. The van der Waals surface area contributed by atoms with Crippen LogP contribution in [0.4, 0.5) is 0 Å². The van der Waals surface area contributed by atoms with Gasteiger partial charge in [0.15, 0.2) is 0 Å². The molecule has 0 aromatic heterocycles. The van der Waals surface area contributed by atoms with E-state index in [0.29, 0.717) is 0 Å². The Kier molecular flexibility index (Phi) is 2.76. The fourth-order valence-corrected chi connectivity index (χ4v) is 5.05. The predicted octanol–water partition coefficient (Wildman–Crippen LogP) is 5.18. The standard InChI is InChI=1S/C21H21N/c1-2-5-14(6-3-1)15-9-10-16-18-11-12-22-20-8-4-7-17(21(18)20)19(16)13-15/h1-3,5-6,9-10,13,17-18,21H,4,7-8,11-12H2. The largest absolute Gasteiger partial charge is 0.294 e. The van der Waals surface area contributed by atoms with Gasteiger partial charge in [0.05, 0.1) is 0 Å². The maximum absolute atomic E-state index is 4.87. The van der Waals surface area contributed by atoms with Gasteiger partial charge in [0.25, 0.3) is 0 Å². The van der Waals surface area contributed by atoms with Crippen molar-refractivity contribution in [3.05, 3.63) is 59.7 Å². The molecule has 3 aliphatic rings. The Hall–Kier alpha value is -1.89.